The third kappa shape index (κ3) is 4.53. The smallest absolute Gasteiger partial charge is 0.225 e. The van der Waals surface area contributed by atoms with Gasteiger partial charge in [0.1, 0.15) is 0 Å². The van der Waals surface area contributed by atoms with E-state index >= 15 is 0 Å². The molecule has 2 aromatic heterocycles. The van der Waals surface area contributed by atoms with Gasteiger partial charge in [0.05, 0.1) is 23.4 Å². The van der Waals surface area contributed by atoms with Gasteiger partial charge in [-0.25, -0.2) is 14.4 Å². The molecule has 0 aliphatic carbocycles. The average molecular weight is 408 g/mol. The zero-order valence-electron chi connectivity index (χ0n) is 17.0. The molecular formula is C22H25FN6O. The van der Waals surface area contributed by atoms with Gasteiger partial charge in [0.25, 0.3) is 0 Å². The molecule has 0 bridgehead atoms. The second-order valence-corrected chi connectivity index (χ2v) is 7.67. The fourth-order valence-electron chi connectivity index (χ4n) is 3.96. The maximum absolute atomic E-state index is 13.0. The van der Waals surface area contributed by atoms with Crippen LogP contribution in [0.15, 0.2) is 43.0 Å². The third-order valence-corrected chi connectivity index (χ3v) is 5.64. The number of para-hydroxylation sites is 1. The molecule has 4 rings (SSSR count). The summed E-state index contributed by atoms with van der Waals surface area (Å²) in [5.74, 6) is 0.303. The number of likely N-dealkylation sites (tertiary alicyclic amines) is 1. The summed E-state index contributed by atoms with van der Waals surface area (Å²) < 4.78 is 13.0. The zero-order valence-corrected chi connectivity index (χ0v) is 17.0. The maximum Gasteiger partial charge on any atom is 0.225 e. The van der Waals surface area contributed by atoms with Gasteiger partial charge in [-0.2, -0.15) is 0 Å². The minimum Gasteiger partial charge on any atom is -0.342 e. The molecule has 1 amide bonds. The predicted octanol–water partition coefficient (Wildman–Crippen LogP) is 2.87. The van der Waals surface area contributed by atoms with E-state index in [9.17, 15) is 9.18 Å². The second-order valence-electron chi connectivity index (χ2n) is 7.67. The number of nitrogens with zero attached hydrogens (tertiary/aromatic N) is 6. The van der Waals surface area contributed by atoms with Crippen LogP contribution in [0.3, 0.4) is 0 Å². The van der Waals surface area contributed by atoms with Crippen LogP contribution in [0.2, 0.25) is 0 Å². The van der Waals surface area contributed by atoms with Crippen molar-refractivity contribution in [1.29, 1.82) is 0 Å². The first-order valence-corrected chi connectivity index (χ1v) is 10.3. The molecule has 0 radical (unpaired) electrons. The average Bonchev–Trinajstić information content (AvgIpc) is 3.12. The van der Waals surface area contributed by atoms with Gasteiger partial charge in [-0.15, -0.1) is 0 Å². The number of likely N-dealkylation sites (N-methyl/N-ethyl adjacent to an activating group) is 1. The van der Waals surface area contributed by atoms with Crippen molar-refractivity contribution in [3.8, 4) is 0 Å². The van der Waals surface area contributed by atoms with E-state index in [2.05, 4.69) is 26.0 Å². The number of rotatable bonds is 8. The Balaban J connectivity index is 1.25. The van der Waals surface area contributed by atoms with Crippen LogP contribution in [0, 0.1) is 11.7 Å². The Morgan fingerprint density at radius 1 is 1.17 bits per heavy atom. The molecule has 1 saturated heterocycles. The Morgan fingerprint density at radius 3 is 2.80 bits per heavy atom. The number of aryl methyl sites for hydroxylation is 1. The van der Waals surface area contributed by atoms with Crippen LogP contribution in [0.5, 0.6) is 0 Å². The summed E-state index contributed by atoms with van der Waals surface area (Å²) in [6.45, 7) is 2.01. The van der Waals surface area contributed by atoms with Gasteiger partial charge in [0.2, 0.25) is 11.9 Å². The predicted molar refractivity (Wildman–Crippen MR) is 112 cm³/mol. The summed E-state index contributed by atoms with van der Waals surface area (Å²) in [6.07, 6.45) is 9.34. The summed E-state index contributed by atoms with van der Waals surface area (Å²) in [4.78, 5) is 33.3. The number of carbonyl (C=O) groups excluding carboxylic acids is 1. The van der Waals surface area contributed by atoms with Crippen molar-refractivity contribution >= 4 is 22.9 Å². The van der Waals surface area contributed by atoms with Crippen LogP contribution < -0.4 is 4.90 Å². The van der Waals surface area contributed by atoms with Crippen molar-refractivity contribution in [2.24, 2.45) is 5.92 Å². The molecule has 156 valence electrons. The molecule has 3 heterocycles. The monoisotopic (exact) mass is 408 g/mol. The Kier molecular flexibility index (Phi) is 6.11. The highest BCUT2D eigenvalue weighted by molar-refractivity contribution is 5.81. The van der Waals surface area contributed by atoms with Crippen LogP contribution in [0.25, 0.3) is 11.0 Å². The van der Waals surface area contributed by atoms with E-state index < -0.39 is 5.82 Å². The standard InChI is InChI=1S/C22H25FN6O/c1-28(22-26-14-18(23)15-27-22)12-13-29-11-8-17(21(29)30)6-2-4-16-5-3-7-19-20(16)25-10-9-24-19/h3,5,7,9-10,14-15,17H,2,4,6,8,11-13H2,1H3/t17-/m0/s1. The summed E-state index contributed by atoms with van der Waals surface area (Å²) in [5, 5.41) is 0. The highest BCUT2D eigenvalue weighted by atomic mass is 19.1. The second kappa shape index (κ2) is 9.11. The highest BCUT2D eigenvalue weighted by Crippen LogP contribution is 2.24. The largest absolute Gasteiger partial charge is 0.342 e. The lowest BCUT2D eigenvalue weighted by Gasteiger charge is -2.22. The maximum atomic E-state index is 13.0. The molecule has 8 heteroatoms. The molecule has 3 aromatic rings. The first-order valence-electron chi connectivity index (χ1n) is 10.3. The molecule has 1 atom stereocenters. The van der Waals surface area contributed by atoms with E-state index in [1.165, 1.54) is 5.56 Å². The Hall–Kier alpha value is -3.16. The lowest BCUT2D eigenvalue weighted by molar-refractivity contribution is -0.131. The zero-order chi connectivity index (χ0) is 20.9. The lowest BCUT2D eigenvalue weighted by atomic mass is 9.98. The van der Waals surface area contributed by atoms with Crippen LogP contribution in [0.1, 0.15) is 24.8 Å². The molecule has 1 aliphatic heterocycles. The molecule has 0 spiro atoms. The lowest BCUT2D eigenvalue weighted by Crippen LogP contribution is -2.35. The Labute approximate surface area is 175 Å². The van der Waals surface area contributed by atoms with E-state index in [-0.39, 0.29) is 11.8 Å². The quantitative estimate of drug-likeness (QED) is 0.571. The molecular weight excluding hydrogens is 383 g/mol. The molecule has 7 nitrogen and oxygen atoms in total. The van der Waals surface area contributed by atoms with Gasteiger partial charge >= 0.3 is 0 Å². The fraction of sp³-hybridized carbons (Fsp3) is 0.409. The van der Waals surface area contributed by atoms with Gasteiger partial charge in [-0.1, -0.05) is 12.1 Å². The van der Waals surface area contributed by atoms with E-state index in [0.717, 1.165) is 55.7 Å². The van der Waals surface area contributed by atoms with Gasteiger partial charge in [-0.05, 0) is 37.3 Å². The van der Waals surface area contributed by atoms with E-state index in [1.807, 2.05) is 29.0 Å². The van der Waals surface area contributed by atoms with E-state index in [4.69, 9.17) is 0 Å². The minimum absolute atomic E-state index is 0.0819. The van der Waals surface area contributed by atoms with Crippen LogP contribution in [0.4, 0.5) is 10.3 Å². The SMILES string of the molecule is CN(CCN1CC[C@H](CCCc2cccc3nccnc23)C1=O)c1ncc(F)cn1. The van der Waals surface area contributed by atoms with Crippen LogP contribution in [-0.4, -0.2) is 57.4 Å². The molecule has 0 N–H and O–H groups in total. The molecule has 1 fully saturated rings. The highest BCUT2D eigenvalue weighted by Gasteiger charge is 2.30. The molecule has 0 saturated carbocycles. The first kappa shape index (κ1) is 20.1. The molecule has 0 unspecified atom stereocenters. The van der Waals surface area contributed by atoms with Crippen molar-refractivity contribution in [3.63, 3.8) is 0 Å². The fourth-order valence-corrected chi connectivity index (χ4v) is 3.96. The topological polar surface area (TPSA) is 75.1 Å². The van der Waals surface area contributed by atoms with Crippen molar-refractivity contribution in [1.82, 2.24) is 24.8 Å². The molecule has 30 heavy (non-hydrogen) atoms. The number of halogens is 1. The molecule has 1 aliphatic rings. The van der Waals surface area contributed by atoms with Crippen LogP contribution in [-0.2, 0) is 11.2 Å². The number of anilines is 1. The Morgan fingerprint density at radius 2 is 1.97 bits per heavy atom. The number of fused-ring (bicyclic) bond motifs is 1. The first-order chi connectivity index (χ1) is 14.6. The number of carbonyl (C=O) groups is 1. The number of hydrogen-bond acceptors (Lipinski definition) is 6. The minimum atomic E-state index is -0.458. The van der Waals surface area contributed by atoms with Gasteiger partial charge in [0.15, 0.2) is 5.82 Å². The number of hydrogen-bond donors (Lipinski definition) is 0. The summed E-state index contributed by atoms with van der Waals surface area (Å²) in [5.41, 5.74) is 3.04. The number of amides is 1. The van der Waals surface area contributed by atoms with E-state index in [1.54, 1.807) is 12.4 Å². The van der Waals surface area contributed by atoms with Gasteiger partial charge in [0, 0.05) is 45.0 Å². The number of aromatic nitrogens is 4. The summed E-state index contributed by atoms with van der Waals surface area (Å²) in [7, 11) is 1.85. The third-order valence-electron chi connectivity index (χ3n) is 5.64. The van der Waals surface area contributed by atoms with Crippen molar-refractivity contribution in [2.45, 2.75) is 25.7 Å². The van der Waals surface area contributed by atoms with Gasteiger partial charge in [-0.3, -0.25) is 14.8 Å². The van der Waals surface area contributed by atoms with Crippen molar-refractivity contribution in [3.05, 3.63) is 54.4 Å². The number of benzene rings is 1. The summed E-state index contributed by atoms with van der Waals surface area (Å²) >= 11 is 0. The molecule has 1 aromatic carbocycles. The van der Waals surface area contributed by atoms with Gasteiger partial charge < -0.3 is 9.80 Å². The van der Waals surface area contributed by atoms with Crippen molar-refractivity contribution in [2.75, 3.05) is 31.6 Å². The van der Waals surface area contributed by atoms with E-state index in [0.29, 0.717) is 19.0 Å². The summed E-state index contributed by atoms with van der Waals surface area (Å²) in [6, 6.07) is 6.07. The Bertz CT molecular complexity index is 1010. The van der Waals surface area contributed by atoms with Crippen LogP contribution >= 0.6 is 0 Å². The van der Waals surface area contributed by atoms with Crippen molar-refractivity contribution < 1.29 is 9.18 Å². The normalized spacial score (nSPS) is 16.4.